The summed E-state index contributed by atoms with van der Waals surface area (Å²) in [6.45, 7) is 1.24. The Labute approximate surface area is 99.3 Å². The van der Waals surface area contributed by atoms with Crippen molar-refractivity contribution >= 4 is 0 Å². The first kappa shape index (κ1) is 9.76. The highest BCUT2D eigenvalue weighted by molar-refractivity contribution is 4.95. The lowest BCUT2D eigenvalue weighted by atomic mass is 9.93. The van der Waals surface area contributed by atoms with Gasteiger partial charge in [-0.2, -0.15) is 0 Å². The molecule has 1 aliphatic rings. The second-order valence-corrected chi connectivity index (χ2v) is 3.79. The summed E-state index contributed by atoms with van der Waals surface area (Å²) in [7, 11) is -1.17. The molecule has 1 aliphatic heterocycles. The molecule has 6 nitrogen and oxygen atoms in total. The van der Waals surface area contributed by atoms with Crippen LogP contribution in [0.15, 0.2) is 0 Å². The van der Waals surface area contributed by atoms with E-state index >= 15 is 0 Å². The smallest absolute Gasteiger partial charge is 0.192 e. The molecule has 0 aromatic heterocycles. The number of aliphatic hydroxyl groups excluding tert-OH is 1. The van der Waals surface area contributed by atoms with E-state index in [4.69, 9.17) is 23.1 Å². The molecule has 1 heterocycles. The number of methoxy groups -OCH3 is 3. The van der Waals surface area contributed by atoms with Gasteiger partial charge in [0, 0.05) is 21.3 Å². The fraction of sp³-hybridized carbons (Fsp3) is 1.00. The zero-order valence-electron chi connectivity index (χ0n) is 12.2. The van der Waals surface area contributed by atoms with Crippen molar-refractivity contribution in [2.24, 2.45) is 0 Å². The molecule has 0 aliphatic carbocycles. The van der Waals surface area contributed by atoms with Crippen LogP contribution in [0.25, 0.3) is 0 Å². The van der Waals surface area contributed by atoms with Gasteiger partial charge in [0.15, 0.2) is 5.79 Å². The Morgan fingerprint density at radius 3 is 2.75 bits per heavy atom. The zero-order chi connectivity index (χ0) is 14.5. The summed E-state index contributed by atoms with van der Waals surface area (Å²) < 4.78 is 41.2. The van der Waals surface area contributed by atoms with Crippen LogP contribution < -0.4 is 0 Å². The van der Waals surface area contributed by atoms with Crippen LogP contribution in [0.3, 0.4) is 0 Å². The third kappa shape index (κ3) is 2.53. The van der Waals surface area contributed by atoms with E-state index in [9.17, 15) is 10.2 Å². The highest BCUT2D eigenvalue weighted by Gasteiger charge is 2.51. The number of rotatable bonds is 4. The van der Waals surface area contributed by atoms with E-state index in [0.717, 1.165) is 0 Å². The van der Waals surface area contributed by atoms with Gasteiger partial charge < -0.3 is 29.2 Å². The van der Waals surface area contributed by atoms with Gasteiger partial charge in [0.25, 0.3) is 0 Å². The summed E-state index contributed by atoms with van der Waals surface area (Å²) in [4.78, 5) is 0. The minimum absolute atomic E-state index is 0.0910. The van der Waals surface area contributed by atoms with Gasteiger partial charge in [-0.05, 0) is 6.92 Å². The fourth-order valence-corrected chi connectivity index (χ4v) is 1.82. The second-order valence-electron chi connectivity index (χ2n) is 3.79. The summed E-state index contributed by atoms with van der Waals surface area (Å²) in [5.41, 5.74) is 0. The molecular formula is C10H20O6. The maximum Gasteiger partial charge on any atom is 0.192 e. The normalized spacial score (nSPS) is 47.1. The minimum Gasteiger partial charge on any atom is -0.387 e. The van der Waals surface area contributed by atoms with E-state index in [2.05, 4.69) is 0 Å². The third-order valence-corrected chi connectivity index (χ3v) is 2.59. The molecule has 6 heteroatoms. The van der Waals surface area contributed by atoms with Crippen molar-refractivity contribution in [2.75, 3.05) is 27.9 Å². The molecule has 5 atom stereocenters. The van der Waals surface area contributed by atoms with E-state index in [1.165, 1.54) is 6.92 Å². The van der Waals surface area contributed by atoms with Crippen molar-refractivity contribution < 1.29 is 33.3 Å². The van der Waals surface area contributed by atoms with Gasteiger partial charge in [-0.1, -0.05) is 0 Å². The van der Waals surface area contributed by atoms with Crippen molar-refractivity contribution in [1.29, 1.82) is 0 Å². The molecule has 0 saturated carbocycles. The van der Waals surface area contributed by atoms with Gasteiger partial charge in [0.1, 0.15) is 24.4 Å². The van der Waals surface area contributed by atoms with E-state index in [-0.39, 0.29) is 13.7 Å². The van der Waals surface area contributed by atoms with Crippen molar-refractivity contribution in [3.05, 3.63) is 0 Å². The average molecular weight is 239 g/mol. The Morgan fingerprint density at radius 2 is 2.12 bits per heavy atom. The highest BCUT2D eigenvalue weighted by atomic mass is 16.7. The quantitative estimate of drug-likeness (QED) is 0.664. The van der Waals surface area contributed by atoms with Crippen molar-refractivity contribution in [3.8, 4) is 0 Å². The molecule has 0 amide bonds. The molecule has 16 heavy (non-hydrogen) atoms. The Morgan fingerprint density at radius 1 is 1.38 bits per heavy atom. The molecule has 0 bridgehead atoms. The van der Waals surface area contributed by atoms with Crippen LogP contribution in [-0.4, -0.2) is 68.3 Å². The van der Waals surface area contributed by atoms with E-state index in [1.807, 2.05) is 0 Å². The standard InChI is InChI=1S/C10H20O6/c1-10(12)9(15-4)8(14-3)7(11)6(16-10)5-13-2/h6-9,11-12H,5H2,1-4H3/t6-,7+,8+,9-,10?/m1/s1/i2D,3D,4D. The van der Waals surface area contributed by atoms with Crippen LogP contribution in [-0.2, 0) is 18.9 Å². The van der Waals surface area contributed by atoms with Crippen LogP contribution in [0.5, 0.6) is 0 Å². The highest BCUT2D eigenvalue weighted by Crippen LogP contribution is 2.31. The van der Waals surface area contributed by atoms with Crippen LogP contribution in [0, 0.1) is 0 Å². The summed E-state index contributed by atoms with van der Waals surface area (Å²) in [6, 6.07) is 0. The lowest BCUT2D eigenvalue weighted by Gasteiger charge is -2.46. The largest absolute Gasteiger partial charge is 0.387 e. The molecule has 1 unspecified atom stereocenters. The molecule has 2 N–H and O–H groups in total. The monoisotopic (exact) mass is 239 g/mol. The Kier molecular flexibility index (Phi) is 3.29. The maximum atomic E-state index is 10.2. The third-order valence-electron chi connectivity index (χ3n) is 2.59. The zero-order valence-corrected chi connectivity index (χ0v) is 9.17. The molecule has 0 spiro atoms. The topological polar surface area (TPSA) is 77.4 Å². The Bertz CT molecular complexity index is 268. The molecular weight excluding hydrogens is 216 g/mol. The Balaban J connectivity index is 2.84. The molecule has 1 saturated heterocycles. The molecule has 0 aromatic rings. The van der Waals surface area contributed by atoms with Crippen LogP contribution in [0.1, 0.15) is 11.0 Å². The van der Waals surface area contributed by atoms with Gasteiger partial charge in [-0.3, -0.25) is 0 Å². The number of aliphatic hydroxyl groups is 2. The summed E-state index contributed by atoms with van der Waals surface area (Å²) in [6.07, 6.45) is -4.18. The van der Waals surface area contributed by atoms with Gasteiger partial charge in [-0.15, -0.1) is 0 Å². The summed E-state index contributed by atoms with van der Waals surface area (Å²) >= 11 is 0. The second kappa shape index (κ2) is 5.39. The summed E-state index contributed by atoms with van der Waals surface area (Å²) in [5.74, 6) is -1.78. The number of hydrogen-bond donors (Lipinski definition) is 2. The van der Waals surface area contributed by atoms with Crippen LogP contribution >= 0.6 is 0 Å². The van der Waals surface area contributed by atoms with Crippen LogP contribution in [0.2, 0.25) is 0 Å². The fourth-order valence-electron chi connectivity index (χ4n) is 1.82. The summed E-state index contributed by atoms with van der Waals surface area (Å²) in [5, 5.41) is 20.3. The van der Waals surface area contributed by atoms with Crippen molar-refractivity contribution in [3.63, 3.8) is 0 Å². The van der Waals surface area contributed by atoms with E-state index in [0.29, 0.717) is 0 Å². The van der Waals surface area contributed by atoms with Gasteiger partial charge in [0.2, 0.25) is 0 Å². The first-order valence-corrected chi connectivity index (χ1v) is 4.74. The lowest BCUT2D eigenvalue weighted by molar-refractivity contribution is -0.348. The SMILES string of the molecule is [2H]COC[C@H]1OC(C)(O)[C@H](OC[2H])[C@@H](OC[2H])[C@H]1O. The minimum atomic E-state index is -1.78. The maximum absolute atomic E-state index is 10.2. The molecule has 1 rings (SSSR count). The van der Waals surface area contributed by atoms with Gasteiger partial charge >= 0.3 is 0 Å². The van der Waals surface area contributed by atoms with E-state index in [1.54, 1.807) is 0 Å². The van der Waals surface area contributed by atoms with Crippen molar-refractivity contribution in [2.45, 2.75) is 37.1 Å². The molecule has 0 aromatic carbocycles. The van der Waals surface area contributed by atoms with Crippen LogP contribution in [0.4, 0.5) is 0 Å². The van der Waals surface area contributed by atoms with Crippen molar-refractivity contribution in [1.82, 2.24) is 0 Å². The number of ether oxygens (including phenoxy) is 4. The predicted molar refractivity (Wildman–Crippen MR) is 55.0 cm³/mol. The van der Waals surface area contributed by atoms with E-state index < -0.39 is 44.4 Å². The first-order valence-electron chi connectivity index (χ1n) is 6.87. The lowest BCUT2D eigenvalue weighted by Crippen LogP contribution is -2.65. The predicted octanol–water partition coefficient (Wildman–Crippen LogP) is -0.869. The number of hydrogen-bond acceptors (Lipinski definition) is 6. The molecule has 96 valence electrons. The average Bonchev–Trinajstić information content (AvgIpc) is 2.36. The van der Waals surface area contributed by atoms with Gasteiger partial charge in [-0.25, -0.2) is 0 Å². The molecule has 0 radical (unpaired) electrons. The first-order chi connectivity index (χ1) is 8.97. The molecule has 1 fully saturated rings. The Hall–Kier alpha value is -0.240. The van der Waals surface area contributed by atoms with Gasteiger partial charge in [0.05, 0.1) is 10.7 Å².